The van der Waals surface area contributed by atoms with Crippen LogP contribution in [0.1, 0.15) is 37.4 Å². The highest BCUT2D eigenvalue weighted by Gasteiger charge is 2.35. The third-order valence-electron chi connectivity index (χ3n) is 4.83. The van der Waals surface area contributed by atoms with Crippen LogP contribution in [-0.2, 0) is 0 Å². The topological polar surface area (TPSA) is 34.0 Å². The summed E-state index contributed by atoms with van der Waals surface area (Å²) < 4.78 is 3.37. The van der Waals surface area contributed by atoms with E-state index in [9.17, 15) is 0 Å². The molecule has 5 rings (SSSR count). The lowest BCUT2D eigenvalue weighted by molar-refractivity contribution is 0.0504. The number of rotatable bonds is 2. The lowest BCUT2D eigenvalue weighted by Crippen LogP contribution is -2.48. The molecule has 0 spiro atoms. The number of nitrogens with zero attached hydrogens (tertiary/aromatic N) is 4. The van der Waals surface area contributed by atoms with Gasteiger partial charge in [-0.3, -0.25) is 0 Å². The molecular formula is C15H19BrN4. The van der Waals surface area contributed by atoms with E-state index < -0.39 is 0 Å². The van der Waals surface area contributed by atoms with Crippen molar-refractivity contribution in [2.24, 2.45) is 5.92 Å². The summed E-state index contributed by atoms with van der Waals surface area (Å²) in [7, 11) is 0. The normalized spacial score (nSPS) is 33.0. The minimum absolute atomic E-state index is 0.523. The van der Waals surface area contributed by atoms with Gasteiger partial charge >= 0.3 is 0 Å². The molecule has 0 amide bonds. The molecule has 5 heteroatoms. The molecule has 106 valence electrons. The fourth-order valence-electron chi connectivity index (χ4n) is 3.65. The molecule has 0 aromatic carbocycles. The van der Waals surface area contributed by atoms with Gasteiger partial charge in [0, 0.05) is 12.1 Å². The first-order chi connectivity index (χ1) is 9.79. The van der Waals surface area contributed by atoms with Crippen LogP contribution in [0, 0.1) is 5.92 Å². The van der Waals surface area contributed by atoms with Gasteiger partial charge in [0.1, 0.15) is 5.69 Å². The van der Waals surface area contributed by atoms with Crippen molar-refractivity contribution in [1.82, 2.24) is 19.9 Å². The Morgan fingerprint density at radius 1 is 1.25 bits per heavy atom. The van der Waals surface area contributed by atoms with Gasteiger partial charge in [0.2, 0.25) is 0 Å². The van der Waals surface area contributed by atoms with Crippen LogP contribution in [0.25, 0.3) is 5.57 Å². The van der Waals surface area contributed by atoms with E-state index in [1.165, 1.54) is 36.0 Å². The van der Waals surface area contributed by atoms with E-state index in [4.69, 9.17) is 0 Å². The number of allylic oxidation sites excluding steroid dienone is 4. The summed E-state index contributed by atoms with van der Waals surface area (Å²) in [5.74, 6) is 0.789. The average molecular weight is 335 g/mol. The van der Waals surface area contributed by atoms with E-state index in [0.29, 0.717) is 6.04 Å². The summed E-state index contributed by atoms with van der Waals surface area (Å²) in [5.41, 5.74) is 2.22. The van der Waals surface area contributed by atoms with Gasteiger partial charge in [0.05, 0.1) is 12.2 Å². The van der Waals surface area contributed by atoms with Gasteiger partial charge in [-0.25, -0.2) is 4.68 Å². The summed E-state index contributed by atoms with van der Waals surface area (Å²) in [6.07, 6.45) is 11.4. The predicted molar refractivity (Wildman–Crippen MR) is 82.4 cm³/mol. The summed E-state index contributed by atoms with van der Waals surface area (Å²) in [5, 5.41) is 8.81. The molecule has 1 unspecified atom stereocenters. The second-order valence-electron chi connectivity index (χ2n) is 6.08. The average Bonchev–Trinajstić information content (AvgIpc) is 2.98. The van der Waals surface area contributed by atoms with Crippen molar-refractivity contribution in [2.75, 3.05) is 19.6 Å². The first-order valence-corrected chi connectivity index (χ1v) is 8.30. The van der Waals surface area contributed by atoms with Gasteiger partial charge < -0.3 is 4.90 Å². The number of hydrogen-bond donors (Lipinski definition) is 0. The molecule has 1 aromatic rings. The highest BCUT2D eigenvalue weighted by Crippen LogP contribution is 2.35. The van der Waals surface area contributed by atoms with E-state index >= 15 is 0 Å². The van der Waals surface area contributed by atoms with Crippen molar-refractivity contribution < 1.29 is 0 Å². The summed E-state index contributed by atoms with van der Waals surface area (Å²) in [6, 6.07) is 0.523. The Balaban J connectivity index is 1.58. The molecule has 4 nitrogen and oxygen atoms in total. The molecule has 3 fully saturated rings. The molecule has 2 bridgehead atoms. The van der Waals surface area contributed by atoms with E-state index in [1.54, 1.807) is 0 Å². The van der Waals surface area contributed by atoms with Crippen molar-refractivity contribution >= 4 is 21.5 Å². The van der Waals surface area contributed by atoms with Crippen molar-refractivity contribution in [1.29, 1.82) is 0 Å². The Labute approximate surface area is 127 Å². The molecule has 20 heavy (non-hydrogen) atoms. The maximum atomic E-state index is 4.41. The van der Waals surface area contributed by atoms with Gasteiger partial charge in [-0.15, -0.1) is 5.10 Å². The monoisotopic (exact) mass is 334 g/mol. The largest absolute Gasteiger partial charge is 0.301 e. The zero-order valence-electron chi connectivity index (χ0n) is 11.5. The van der Waals surface area contributed by atoms with Crippen LogP contribution >= 0.6 is 15.9 Å². The molecule has 0 radical (unpaired) electrons. The number of fused-ring (bicyclic) bond motifs is 3. The lowest BCUT2D eigenvalue weighted by atomic mass is 9.84. The maximum Gasteiger partial charge on any atom is 0.112 e. The summed E-state index contributed by atoms with van der Waals surface area (Å²) in [4.78, 5) is 2.56. The van der Waals surface area contributed by atoms with Crippen molar-refractivity contribution in [2.45, 2.75) is 31.7 Å². The first-order valence-electron chi connectivity index (χ1n) is 7.50. The van der Waals surface area contributed by atoms with E-state index in [2.05, 4.69) is 54.2 Å². The third kappa shape index (κ3) is 2.27. The Bertz CT molecular complexity index is 566. The second-order valence-corrected chi connectivity index (χ2v) is 7.10. The number of halogens is 1. The van der Waals surface area contributed by atoms with Crippen LogP contribution in [-0.4, -0.2) is 39.5 Å². The maximum absolute atomic E-state index is 4.41. The molecule has 3 saturated heterocycles. The van der Waals surface area contributed by atoms with Gasteiger partial charge in [-0.05, 0) is 55.2 Å². The summed E-state index contributed by atoms with van der Waals surface area (Å²) in [6.45, 7) is 3.68. The molecule has 1 aliphatic carbocycles. The van der Waals surface area contributed by atoms with E-state index in [0.717, 1.165) is 31.0 Å². The lowest BCUT2D eigenvalue weighted by Gasteiger charge is -2.44. The number of piperidine rings is 3. The van der Waals surface area contributed by atoms with Crippen molar-refractivity contribution in [3.63, 3.8) is 0 Å². The van der Waals surface area contributed by atoms with Crippen LogP contribution in [0.15, 0.2) is 22.8 Å². The predicted octanol–water partition coefficient (Wildman–Crippen LogP) is 3.00. The van der Waals surface area contributed by atoms with Crippen LogP contribution in [0.4, 0.5) is 0 Å². The minimum atomic E-state index is 0.523. The fraction of sp³-hybridized carbons (Fsp3) is 0.600. The second kappa shape index (κ2) is 5.11. The van der Waals surface area contributed by atoms with E-state index in [-0.39, 0.29) is 0 Å². The van der Waals surface area contributed by atoms with Crippen LogP contribution in [0.3, 0.4) is 0 Å². The highest BCUT2D eigenvalue weighted by atomic mass is 79.9. The van der Waals surface area contributed by atoms with Crippen molar-refractivity contribution in [3.8, 4) is 0 Å². The molecule has 1 atom stereocenters. The third-order valence-corrected chi connectivity index (χ3v) is 5.45. The van der Waals surface area contributed by atoms with Crippen molar-refractivity contribution in [3.05, 3.63) is 28.5 Å². The summed E-state index contributed by atoms with van der Waals surface area (Å²) >= 11 is 3.59. The molecule has 4 heterocycles. The Kier molecular flexibility index (Phi) is 3.27. The number of aromatic nitrogens is 3. The van der Waals surface area contributed by atoms with Crippen LogP contribution in [0.5, 0.6) is 0 Å². The Hall–Kier alpha value is -0.940. The van der Waals surface area contributed by atoms with Gasteiger partial charge in [-0.1, -0.05) is 27.2 Å². The molecular weight excluding hydrogens is 316 g/mol. The Morgan fingerprint density at radius 2 is 2.10 bits per heavy atom. The van der Waals surface area contributed by atoms with Gasteiger partial charge in [0.15, 0.2) is 0 Å². The van der Waals surface area contributed by atoms with Gasteiger partial charge in [0.25, 0.3) is 0 Å². The fourth-order valence-corrected chi connectivity index (χ4v) is 4.12. The standard InChI is InChI=1S/C15H19BrN4/c16-13-3-1-2-12(8-13)14-9-20(18-17-14)15-10-19-6-4-11(15)5-7-19/h2,8-9,11,15H,1,3-7,10H2. The molecule has 4 aliphatic rings. The molecule has 1 aromatic heterocycles. The SMILES string of the molecule is BrC1=CC(c2cn(C3CN4CCC3CC4)nn2)=CCC1. The van der Waals surface area contributed by atoms with E-state index in [1.807, 2.05) is 0 Å². The van der Waals surface area contributed by atoms with Crippen LogP contribution in [0.2, 0.25) is 0 Å². The molecule has 3 aliphatic heterocycles. The zero-order valence-corrected chi connectivity index (χ0v) is 13.1. The van der Waals surface area contributed by atoms with Crippen LogP contribution < -0.4 is 0 Å². The quantitative estimate of drug-likeness (QED) is 0.833. The smallest absolute Gasteiger partial charge is 0.112 e. The first kappa shape index (κ1) is 12.8. The minimum Gasteiger partial charge on any atom is -0.301 e. The van der Waals surface area contributed by atoms with Gasteiger partial charge in [-0.2, -0.15) is 0 Å². The molecule has 0 N–H and O–H groups in total. The highest BCUT2D eigenvalue weighted by molar-refractivity contribution is 9.11. The Morgan fingerprint density at radius 3 is 2.80 bits per heavy atom. The zero-order chi connectivity index (χ0) is 13.5. The number of hydrogen-bond acceptors (Lipinski definition) is 3. The molecule has 0 saturated carbocycles.